The Labute approximate surface area is 182 Å². The molecule has 30 heavy (non-hydrogen) atoms. The average Bonchev–Trinajstić information content (AvgIpc) is 3.19. The van der Waals surface area contributed by atoms with E-state index in [4.69, 9.17) is 4.98 Å². The van der Waals surface area contributed by atoms with Gasteiger partial charge in [-0.1, -0.05) is 37.1 Å². The molecule has 0 amide bonds. The van der Waals surface area contributed by atoms with E-state index >= 15 is 0 Å². The Balaban J connectivity index is 1.53. The number of benzene rings is 1. The maximum absolute atomic E-state index is 4.93. The Morgan fingerprint density at radius 2 is 1.80 bits per heavy atom. The van der Waals surface area contributed by atoms with Gasteiger partial charge in [0.1, 0.15) is 5.82 Å². The largest absolute Gasteiger partial charge is 0.341 e. The fraction of sp³-hybridized carbons (Fsp3) is 0.654. The molecule has 1 heterocycles. The third-order valence-corrected chi connectivity index (χ3v) is 7.36. The number of allylic oxidation sites excluding steroid dienone is 1. The number of aromatic nitrogens is 2. The van der Waals surface area contributed by atoms with E-state index in [-0.39, 0.29) is 0 Å². The summed E-state index contributed by atoms with van der Waals surface area (Å²) >= 11 is 0. The van der Waals surface area contributed by atoms with Gasteiger partial charge in [-0.2, -0.15) is 0 Å². The number of hydrogen-bond donors (Lipinski definition) is 1. The summed E-state index contributed by atoms with van der Waals surface area (Å²) in [6.07, 6.45) is 15.5. The van der Waals surface area contributed by atoms with Crippen molar-refractivity contribution in [2.75, 3.05) is 14.1 Å². The third kappa shape index (κ3) is 5.15. The fourth-order valence-electron chi connectivity index (χ4n) is 5.60. The van der Waals surface area contributed by atoms with Gasteiger partial charge in [-0.3, -0.25) is 4.90 Å². The van der Waals surface area contributed by atoms with Gasteiger partial charge >= 0.3 is 0 Å². The number of nitrogens with zero attached hydrogens (tertiary/aromatic N) is 3. The SMILES string of the molecule is CCC/C=C1/CCCC(N(Cc2nc3ccccc3[nH]2)C2CCC(N(C)C)CC2)C1. The standard InChI is InChI=1S/C26H40N4/c1-4-5-9-20-10-8-11-23(18-20)30(22-16-14-21(15-17-22)29(2)3)19-26-27-24-12-6-7-13-25(24)28-26/h6-7,9,12-13,21-23H,4-5,8,10-11,14-19H2,1-3H3,(H,27,28)/b20-9-. The minimum atomic E-state index is 0.663. The van der Waals surface area contributed by atoms with E-state index in [0.717, 1.165) is 29.4 Å². The highest BCUT2D eigenvalue weighted by atomic mass is 15.2. The van der Waals surface area contributed by atoms with Crippen molar-refractivity contribution in [3.8, 4) is 0 Å². The number of imidazole rings is 1. The predicted octanol–water partition coefficient (Wildman–Crippen LogP) is 5.91. The Morgan fingerprint density at radius 1 is 1.03 bits per heavy atom. The minimum absolute atomic E-state index is 0.663. The van der Waals surface area contributed by atoms with E-state index in [1.165, 1.54) is 64.2 Å². The van der Waals surface area contributed by atoms with Crippen molar-refractivity contribution in [2.45, 2.75) is 95.8 Å². The number of rotatable bonds is 7. The first-order valence-electron chi connectivity index (χ1n) is 12.2. The normalized spacial score (nSPS) is 26.8. The van der Waals surface area contributed by atoms with Crippen LogP contribution < -0.4 is 0 Å². The van der Waals surface area contributed by atoms with E-state index in [1.54, 1.807) is 5.57 Å². The van der Waals surface area contributed by atoms with Crippen molar-refractivity contribution in [2.24, 2.45) is 0 Å². The molecule has 1 unspecified atom stereocenters. The maximum atomic E-state index is 4.93. The van der Waals surface area contributed by atoms with Gasteiger partial charge in [0, 0.05) is 18.1 Å². The van der Waals surface area contributed by atoms with Gasteiger partial charge in [0.25, 0.3) is 0 Å². The molecule has 2 saturated carbocycles. The lowest BCUT2D eigenvalue weighted by atomic mass is 9.84. The van der Waals surface area contributed by atoms with Gasteiger partial charge in [-0.15, -0.1) is 0 Å². The topological polar surface area (TPSA) is 35.2 Å². The molecule has 2 aliphatic carbocycles. The summed E-state index contributed by atoms with van der Waals surface area (Å²) in [4.78, 5) is 13.8. The summed E-state index contributed by atoms with van der Waals surface area (Å²) in [6.45, 7) is 3.24. The third-order valence-electron chi connectivity index (χ3n) is 7.36. The number of para-hydroxylation sites is 2. The second-order valence-corrected chi connectivity index (χ2v) is 9.70. The fourth-order valence-corrected chi connectivity index (χ4v) is 5.60. The lowest BCUT2D eigenvalue weighted by Crippen LogP contribution is -2.47. The molecule has 1 atom stereocenters. The van der Waals surface area contributed by atoms with E-state index in [9.17, 15) is 0 Å². The van der Waals surface area contributed by atoms with Crippen molar-refractivity contribution in [3.63, 3.8) is 0 Å². The smallest absolute Gasteiger partial charge is 0.121 e. The zero-order valence-corrected chi connectivity index (χ0v) is 19.2. The first-order chi connectivity index (χ1) is 14.6. The maximum Gasteiger partial charge on any atom is 0.121 e. The average molecular weight is 409 g/mol. The molecule has 1 N–H and O–H groups in total. The summed E-state index contributed by atoms with van der Waals surface area (Å²) < 4.78 is 0. The molecule has 4 heteroatoms. The molecular weight excluding hydrogens is 368 g/mol. The van der Waals surface area contributed by atoms with Crippen LogP contribution in [0.4, 0.5) is 0 Å². The molecule has 4 rings (SSSR count). The first kappa shape index (κ1) is 21.6. The van der Waals surface area contributed by atoms with Crippen molar-refractivity contribution in [3.05, 3.63) is 41.7 Å². The van der Waals surface area contributed by atoms with Gasteiger partial charge in [-0.25, -0.2) is 4.98 Å². The summed E-state index contributed by atoms with van der Waals surface area (Å²) in [6, 6.07) is 10.5. The van der Waals surface area contributed by atoms with E-state index in [0.29, 0.717) is 12.1 Å². The Hall–Kier alpha value is -1.65. The number of unbranched alkanes of at least 4 members (excludes halogenated alkanes) is 1. The molecule has 0 bridgehead atoms. The van der Waals surface area contributed by atoms with Crippen LogP contribution in [0, 0.1) is 0 Å². The Kier molecular flexibility index (Phi) is 7.27. The van der Waals surface area contributed by atoms with Crippen LogP contribution in [0.15, 0.2) is 35.9 Å². The highest BCUT2D eigenvalue weighted by Crippen LogP contribution is 2.34. The van der Waals surface area contributed by atoms with Crippen LogP contribution >= 0.6 is 0 Å². The molecule has 2 aliphatic rings. The van der Waals surface area contributed by atoms with Crippen molar-refractivity contribution < 1.29 is 0 Å². The monoisotopic (exact) mass is 408 g/mol. The second kappa shape index (κ2) is 10.1. The number of hydrogen-bond acceptors (Lipinski definition) is 3. The number of H-pyrrole nitrogens is 1. The summed E-state index contributed by atoms with van der Waals surface area (Å²) in [7, 11) is 4.48. The minimum Gasteiger partial charge on any atom is -0.341 e. The molecule has 1 aromatic heterocycles. The first-order valence-corrected chi connectivity index (χ1v) is 12.2. The van der Waals surface area contributed by atoms with Crippen LogP contribution in [-0.4, -0.2) is 52.0 Å². The van der Waals surface area contributed by atoms with Crippen LogP contribution in [0.1, 0.15) is 77.0 Å². The van der Waals surface area contributed by atoms with Crippen molar-refractivity contribution in [1.29, 1.82) is 0 Å². The van der Waals surface area contributed by atoms with Gasteiger partial charge < -0.3 is 9.88 Å². The Bertz CT molecular complexity index is 795. The lowest BCUT2D eigenvalue weighted by molar-refractivity contribution is 0.0618. The molecule has 0 aliphatic heterocycles. The van der Waals surface area contributed by atoms with E-state index in [2.05, 4.69) is 66.1 Å². The van der Waals surface area contributed by atoms with Crippen LogP contribution in [0.3, 0.4) is 0 Å². The summed E-state index contributed by atoms with van der Waals surface area (Å²) in [5.74, 6) is 1.13. The molecule has 0 spiro atoms. The number of aromatic amines is 1. The summed E-state index contributed by atoms with van der Waals surface area (Å²) in [5, 5.41) is 0. The van der Waals surface area contributed by atoms with Gasteiger partial charge in [0.05, 0.1) is 17.6 Å². The molecule has 2 aromatic rings. The highest BCUT2D eigenvalue weighted by molar-refractivity contribution is 5.74. The molecule has 0 saturated heterocycles. The van der Waals surface area contributed by atoms with Crippen LogP contribution in [0.5, 0.6) is 0 Å². The predicted molar refractivity (Wildman–Crippen MR) is 127 cm³/mol. The lowest BCUT2D eigenvalue weighted by Gasteiger charge is -2.44. The van der Waals surface area contributed by atoms with Crippen molar-refractivity contribution in [1.82, 2.24) is 19.8 Å². The van der Waals surface area contributed by atoms with E-state index < -0.39 is 0 Å². The molecule has 4 nitrogen and oxygen atoms in total. The molecule has 1 aromatic carbocycles. The van der Waals surface area contributed by atoms with Crippen LogP contribution in [-0.2, 0) is 6.54 Å². The molecule has 0 radical (unpaired) electrons. The quantitative estimate of drug-likeness (QED) is 0.579. The number of nitrogens with one attached hydrogen (secondary N) is 1. The Morgan fingerprint density at radius 3 is 2.53 bits per heavy atom. The second-order valence-electron chi connectivity index (χ2n) is 9.70. The van der Waals surface area contributed by atoms with Crippen LogP contribution in [0.25, 0.3) is 11.0 Å². The molecular formula is C26H40N4. The highest BCUT2D eigenvalue weighted by Gasteiger charge is 2.33. The van der Waals surface area contributed by atoms with Crippen molar-refractivity contribution >= 4 is 11.0 Å². The molecule has 2 fully saturated rings. The summed E-state index contributed by atoms with van der Waals surface area (Å²) in [5.41, 5.74) is 3.96. The van der Waals surface area contributed by atoms with Gasteiger partial charge in [-0.05, 0) is 84.0 Å². The zero-order valence-electron chi connectivity index (χ0n) is 19.2. The van der Waals surface area contributed by atoms with Crippen LogP contribution in [0.2, 0.25) is 0 Å². The molecule has 164 valence electrons. The zero-order chi connectivity index (χ0) is 20.9. The number of fused-ring (bicyclic) bond motifs is 1. The van der Waals surface area contributed by atoms with Gasteiger partial charge in [0.15, 0.2) is 0 Å². The van der Waals surface area contributed by atoms with Gasteiger partial charge in [0.2, 0.25) is 0 Å². The van der Waals surface area contributed by atoms with E-state index in [1.807, 2.05) is 0 Å².